The molecule has 1 N–H and O–H groups in total. The lowest BCUT2D eigenvalue weighted by molar-refractivity contribution is -0.142. The summed E-state index contributed by atoms with van der Waals surface area (Å²) in [6, 6.07) is 0. The van der Waals surface area contributed by atoms with E-state index >= 15 is 0 Å². The Morgan fingerprint density at radius 1 is 1.00 bits per heavy atom. The van der Waals surface area contributed by atoms with Crippen molar-refractivity contribution in [3.63, 3.8) is 0 Å². The number of piperazine rings is 1. The van der Waals surface area contributed by atoms with Gasteiger partial charge in [-0.25, -0.2) is 0 Å². The normalized spacial score (nSPS) is 23.4. The molecule has 3 heterocycles. The Balaban J connectivity index is 0.00000280. The van der Waals surface area contributed by atoms with E-state index in [0.29, 0.717) is 59.0 Å². The van der Waals surface area contributed by atoms with Crippen molar-refractivity contribution in [2.24, 2.45) is 4.99 Å². The number of carbonyl (C=O) groups excluding carboxylic acids is 2. The van der Waals surface area contributed by atoms with Crippen LogP contribution in [0.1, 0.15) is 19.3 Å². The molecule has 3 aliphatic heterocycles. The van der Waals surface area contributed by atoms with Crippen molar-refractivity contribution in [2.45, 2.75) is 25.4 Å². The maximum atomic E-state index is 12.4. The molecule has 160 valence electrons. The SMILES string of the molecule is CN=C(NCCC(=O)N1CCOCC1)N1CCN(C(=O)C2CCCO2)CC1.I. The summed E-state index contributed by atoms with van der Waals surface area (Å²) >= 11 is 0. The van der Waals surface area contributed by atoms with Crippen molar-refractivity contribution in [3.05, 3.63) is 0 Å². The average molecular weight is 509 g/mol. The van der Waals surface area contributed by atoms with Gasteiger partial charge in [-0.2, -0.15) is 0 Å². The Morgan fingerprint density at radius 3 is 2.29 bits per heavy atom. The molecule has 0 aromatic heterocycles. The van der Waals surface area contributed by atoms with Crippen LogP contribution in [-0.2, 0) is 19.1 Å². The second-order valence-corrected chi connectivity index (χ2v) is 7.03. The fourth-order valence-electron chi connectivity index (χ4n) is 3.70. The van der Waals surface area contributed by atoms with Gasteiger partial charge in [0.1, 0.15) is 6.10 Å². The Bertz CT molecular complexity index is 542. The van der Waals surface area contributed by atoms with Gasteiger partial charge in [0.05, 0.1) is 13.2 Å². The van der Waals surface area contributed by atoms with E-state index in [1.165, 1.54) is 0 Å². The molecule has 0 aromatic rings. The van der Waals surface area contributed by atoms with Crippen molar-refractivity contribution in [3.8, 4) is 0 Å². The van der Waals surface area contributed by atoms with Crippen LogP contribution in [-0.4, -0.2) is 111 Å². The summed E-state index contributed by atoms with van der Waals surface area (Å²) in [4.78, 5) is 34.8. The van der Waals surface area contributed by atoms with Crippen LogP contribution in [0.25, 0.3) is 0 Å². The van der Waals surface area contributed by atoms with Crippen LogP contribution in [0.5, 0.6) is 0 Å². The first kappa shape index (κ1) is 23.1. The standard InChI is InChI=1S/C18H31N5O4.HI/c1-19-18(20-5-4-16(24)21-10-13-26-14-11-21)23-8-6-22(7-9-23)17(25)15-3-2-12-27-15;/h15H,2-14H2,1H3,(H,19,20);1H. The molecule has 0 saturated carbocycles. The zero-order valence-corrected chi connectivity index (χ0v) is 18.9. The Morgan fingerprint density at radius 2 is 1.68 bits per heavy atom. The van der Waals surface area contributed by atoms with Gasteiger partial charge in [0.15, 0.2) is 5.96 Å². The number of nitrogens with zero attached hydrogens (tertiary/aromatic N) is 4. The van der Waals surface area contributed by atoms with Gasteiger partial charge >= 0.3 is 0 Å². The number of carbonyl (C=O) groups is 2. The molecule has 0 aromatic carbocycles. The molecule has 0 radical (unpaired) electrons. The minimum atomic E-state index is -0.250. The molecule has 0 aliphatic carbocycles. The number of halogens is 1. The van der Waals surface area contributed by atoms with Crippen molar-refractivity contribution in [1.82, 2.24) is 20.0 Å². The molecule has 3 saturated heterocycles. The molecule has 2 amide bonds. The first-order chi connectivity index (χ1) is 13.2. The lowest BCUT2D eigenvalue weighted by Crippen LogP contribution is -2.55. The second-order valence-electron chi connectivity index (χ2n) is 7.03. The van der Waals surface area contributed by atoms with Crippen LogP contribution in [0.2, 0.25) is 0 Å². The highest BCUT2D eigenvalue weighted by molar-refractivity contribution is 14.0. The van der Waals surface area contributed by atoms with E-state index in [9.17, 15) is 9.59 Å². The summed E-state index contributed by atoms with van der Waals surface area (Å²) in [5.74, 6) is 1.05. The van der Waals surface area contributed by atoms with E-state index in [1.54, 1.807) is 7.05 Å². The molecule has 3 aliphatic rings. The third-order valence-corrected chi connectivity index (χ3v) is 5.29. The van der Waals surface area contributed by atoms with Crippen LogP contribution in [0.4, 0.5) is 0 Å². The summed E-state index contributed by atoms with van der Waals surface area (Å²) < 4.78 is 10.8. The van der Waals surface area contributed by atoms with Crippen LogP contribution in [0.15, 0.2) is 4.99 Å². The largest absolute Gasteiger partial charge is 0.378 e. The monoisotopic (exact) mass is 509 g/mol. The van der Waals surface area contributed by atoms with Crippen LogP contribution >= 0.6 is 24.0 Å². The van der Waals surface area contributed by atoms with Crippen molar-refractivity contribution in [2.75, 3.05) is 72.7 Å². The Kier molecular flexibility index (Phi) is 9.72. The summed E-state index contributed by atoms with van der Waals surface area (Å²) in [6.07, 6.45) is 1.99. The van der Waals surface area contributed by atoms with Crippen molar-refractivity contribution in [1.29, 1.82) is 0 Å². The van der Waals surface area contributed by atoms with E-state index in [4.69, 9.17) is 9.47 Å². The lowest BCUT2D eigenvalue weighted by Gasteiger charge is -2.37. The second kappa shape index (κ2) is 11.8. The number of morpholine rings is 1. The first-order valence-corrected chi connectivity index (χ1v) is 9.90. The molecule has 28 heavy (non-hydrogen) atoms. The summed E-state index contributed by atoms with van der Waals surface area (Å²) in [6.45, 7) is 6.64. The van der Waals surface area contributed by atoms with Gasteiger partial charge < -0.3 is 29.5 Å². The molecule has 1 unspecified atom stereocenters. The maximum absolute atomic E-state index is 12.4. The molecule has 0 bridgehead atoms. The number of hydrogen-bond acceptors (Lipinski definition) is 5. The fourth-order valence-corrected chi connectivity index (χ4v) is 3.70. The number of amides is 2. The number of guanidine groups is 1. The van der Waals surface area contributed by atoms with Gasteiger partial charge in [0.25, 0.3) is 5.91 Å². The van der Waals surface area contributed by atoms with E-state index in [2.05, 4.69) is 15.2 Å². The summed E-state index contributed by atoms with van der Waals surface area (Å²) in [5, 5.41) is 3.28. The third-order valence-electron chi connectivity index (χ3n) is 5.29. The molecule has 0 spiro atoms. The Labute approximate surface area is 183 Å². The molecule has 10 heteroatoms. The number of rotatable bonds is 4. The number of aliphatic imine (C=N–C) groups is 1. The minimum Gasteiger partial charge on any atom is -0.378 e. The van der Waals surface area contributed by atoms with E-state index in [0.717, 1.165) is 31.9 Å². The zero-order chi connectivity index (χ0) is 19.1. The fraction of sp³-hybridized carbons (Fsp3) is 0.833. The highest BCUT2D eigenvalue weighted by Crippen LogP contribution is 2.16. The molecule has 3 rings (SSSR count). The quantitative estimate of drug-likeness (QED) is 0.320. The van der Waals surface area contributed by atoms with Crippen LogP contribution in [0, 0.1) is 0 Å². The molecule has 3 fully saturated rings. The smallest absolute Gasteiger partial charge is 0.251 e. The number of hydrogen-bond donors (Lipinski definition) is 1. The summed E-state index contributed by atoms with van der Waals surface area (Å²) in [5.41, 5.74) is 0. The Hall–Kier alpha value is -1.14. The van der Waals surface area contributed by atoms with E-state index < -0.39 is 0 Å². The number of ether oxygens (including phenoxy) is 2. The predicted molar refractivity (Wildman–Crippen MR) is 116 cm³/mol. The van der Waals surface area contributed by atoms with Crippen LogP contribution in [0.3, 0.4) is 0 Å². The van der Waals surface area contributed by atoms with Gasteiger partial charge in [-0.05, 0) is 12.8 Å². The topological polar surface area (TPSA) is 86.7 Å². The van der Waals surface area contributed by atoms with Gasteiger partial charge in [0, 0.05) is 65.9 Å². The van der Waals surface area contributed by atoms with Gasteiger partial charge in [-0.15, -0.1) is 24.0 Å². The van der Waals surface area contributed by atoms with Crippen molar-refractivity contribution < 1.29 is 19.1 Å². The zero-order valence-electron chi connectivity index (χ0n) is 16.6. The molecular formula is C18H32IN5O4. The van der Waals surface area contributed by atoms with Crippen molar-refractivity contribution >= 4 is 41.8 Å². The van der Waals surface area contributed by atoms with Gasteiger partial charge in [-0.3, -0.25) is 14.6 Å². The molecular weight excluding hydrogens is 477 g/mol. The average Bonchev–Trinajstić information content (AvgIpc) is 3.26. The highest BCUT2D eigenvalue weighted by atomic mass is 127. The predicted octanol–water partition coefficient (Wildman–Crippen LogP) is -0.248. The minimum absolute atomic E-state index is 0. The first-order valence-electron chi connectivity index (χ1n) is 9.90. The third kappa shape index (κ3) is 6.18. The highest BCUT2D eigenvalue weighted by Gasteiger charge is 2.30. The maximum Gasteiger partial charge on any atom is 0.251 e. The summed E-state index contributed by atoms with van der Waals surface area (Å²) in [7, 11) is 1.75. The van der Waals surface area contributed by atoms with Gasteiger partial charge in [0.2, 0.25) is 5.91 Å². The molecule has 1 atom stereocenters. The van der Waals surface area contributed by atoms with Gasteiger partial charge in [-0.1, -0.05) is 0 Å². The van der Waals surface area contributed by atoms with E-state index in [1.807, 2.05) is 9.80 Å². The molecule has 9 nitrogen and oxygen atoms in total. The van der Waals surface area contributed by atoms with E-state index in [-0.39, 0.29) is 41.9 Å². The number of nitrogens with one attached hydrogen (secondary N) is 1. The lowest BCUT2D eigenvalue weighted by atomic mass is 10.2. The van der Waals surface area contributed by atoms with Crippen LogP contribution < -0.4 is 5.32 Å².